The topological polar surface area (TPSA) is 45.2 Å². The lowest BCUT2D eigenvalue weighted by molar-refractivity contribution is 0.0941. The molecule has 0 spiro atoms. The third kappa shape index (κ3) is 3.71. The van der Waals surface area contributed by atoms with Crippen LogP contribution >= 0.6 is 0 Å². The second-order valence-corrected chi connectivity index (χ2v) is 6.12. The van der Waals surface area contributed by atoms with Gasteiger partial charge in [-0.3, -0.25) is 4.79 Å². The molecule has 1 aliphatic carbocycles. The van der Waals surface area contributed by atoms with E-state index in [0.29, 0.717) is 11.5 Å². The van der Waals surface area contributed by atoms with Crippen LogP contribution in [0.5, 0.6) is 0 Å². The first-order valence-electron chi connectivity index (χ1n) is 7.48. The molecule has 1 N–H and O–H groups in total. The Balaban J connectivity index is 1.95. The molecule has 0 aromatic carbocycles. The molecule has 4 nitrogen and oxygen atoms in total. The molecule has 1 aliphatic rings. The fraction of sp³-hybridized carbons (Fsp3) is 0.625. The van der Waals surface area contributed by atoms with Crippen molar-refractivity contribution in [2.75, 3.05) is 25.5 Å². The summed E-state index contributed by atoms with van der Waals surface area (Å²) in [7, 11) is 3.81. The molecular weight excluding hydrogens is 250 g/mol. The lowest BCUT2D eigenvalue weighted by Gasteiger charge is -2.27. The van der Waals surface area contributed by atoms with Gasteiger partial charge in [0.05, 0.1) is 5.56 Å². The standard InChI is InChI=1S/C16H25N3O/c1-12-6-4-7-13(10-12)11-18-16(20)14-8-5-9-17-15(14)19(2)3/h5,8-9,12-13H,4,6-7,10-11H2,1-3H3,(H,18,20). The van der Waals surface area contributed by atoms with Crippen LogP contribution < -0.4 is 10.2 Å². The quantitative estimate of drug-likeness (QED) is 0.919. The lowest BCUT2D eigenvalue weighted by Crippen LogP contribution is -2.32. The normalized spacial score (nSPS) is 22.4. The molecule has 2 unspecified atom stereocenters. The van der Waals surface area contributed by atoms with Crippen LogP contribution in [0.3, 0.4) is 0 Å². The Hall–Kier alpha value is -1.58. The molecule has 0 bridgehead atoms. The molecule has 110 valence electrons. The fourth-order valence-corrected chi connectivity index (χ4v) is 3.01. The number of amides is 1. The maximum atomic E-state index is 12.3. The number of aromatic nitrogens is 1. The highest BCUT2D eigenvalue weighted by atomic mass is 16.1. The van der Waals surface area contributed by atoms with Crippen LogP contribution in [0.25, 0.3) is 0 Å². The van der Waals surface area contributed by atoms with Crippen molar-refractivity contribution >= 4 is 11.7 Å². The van der Waals surface area contributed by atoms with E-state index in [1.165, 1.54) is 25.7 Å². The molecule has 2 atom stereocenters. The van der Waals surface area contributed by atoms with Gasteiger partial charge < -0.3 is 10.2 Å². The van der Waals surface area contributed by atoms with Gasteiger partial charge in [-0.15, -0.1) is 0 Å². The van der Waals surface area contributed by atoms with Crippen molar-refractivity contribution in [3.05, 3.63) is 23.9 Å². The Labute approximate surface area is 121 Å². The predicted octanol–water partition coefficient (Wildman–Crippen LogP) is 2.70. The van der Waals surface area contributed by atoms with Crippen molar-refractivity contribution < 1.29 is 4.79 Å². The van der Waals surface area contributed by atoms with Gasteiger partial charge in [0.15, 0.2) is 0 Å². The summed E-state index contributed by atoms with van der Waals surface area (Å²) in [6.45, 7) is 3.09. The Morgan fingerprint density at radius 3 is 2.95 bits per heavy atom. The summed E-state index contributed by atoms with van der Waals surface area (Å²) in [5, 5.41) is 3.08. The maximum absolute atomic E-state index is 12.3. The van der Waals surface area contributed by atoms with Crippen LogP contribution in [0.2, 0.25) is 0 Å². The molecule has 1 saturated carbocycles. The van der Waals surface area contributed by atoms with E-state index in [-0.39, 0.29) is 5.91 Å². The van der Waals surface area contributed by atoms with Gasteiger partial charge in [0.1, 0.15) is 5.82 Å². The number of carbonyl (C=O) groups excluding carboxylic acids is 1. The van der Waals surface area contributed by atoms with E-state index >= 15 is 0 Å². The molecule has 1 heterocycles. The number of hydrogen-bond acceptors (Lipinski definition) is 3. The summed E-state index contributed by atoms with van der Waals surface area (Å²) < 4.78 is 0. The minimum absolute atomic E-state index is 0.0139. The van der Waals surface area contributed by atoms with Crippen molar-refractivity contribution in [1.29, 1.82) is 0 Å². The van der Waals surface area contributed by atoms with Crippen LogP contribution in [0.1, 0.15) is 43.0 Å². The van der Waals surface area contributed by atoms with E-state index in [9.17, 15) is 4.79 Å². The first-order valence-corrected chi connectivity index (χ1v) is 7.48. The van der Waals surface area contributed by atoms with Gasteiger partial charge >= 0.3 is 0 Å². The Morgan fingerprint density at radius 2 is 2.25 bits per heavy atom. The highest BCUT2D eigenvalue weighted by molar-refractivity contribution is 5.98. The number of hydrogen-bond donors (Lipinski definition) is 1. The first-order chi connectivity index (χ1) is 9.58. The summed E-state index contributed by atoms with van der Waals surface area (Å²) >= 11 is 0. The largest absolute Gasteiger partial charge is 0.362 e. The SMILES string of the molecule is CC1CCCC(CNC(=O)c2cccnc2N(C)C)C1. The predicted molar refractivity (Wildman–Crippen MR) is 82.0 cm³/mol. The lowest BCUT2D eigenvalue weighted by atomic mass is 9.82. The van der Waals surface area contributed by atoms with Gasteiger partial charge in [-0.2, -0.15) is 0 Å². The third-order valence-corrected chi connectivity index (χ3v) is 4.05. The van der Waals surface area contributed by atoms with Crippen LogP contribution in [-0.4, -0.2) is 31.5 Å². The average molecular weight is 275 g/mol. The van der Waals surface area contributed by atoms with Crippen LogP contribution in [0.15, 0.2) is 18.3 Å². The number of carbonyl (C=O) groups is 1. The molecule has 1 aromatic heterocycles. The van der Waals surface area contributed by atoms with E-state index < -0.39 is 0 Å². The molecular formula is C16H25N3O. The van der Waals surface area contributed by atoms with Crippen molar-refractivity contribution in [3.63, 3.8) is 0 Å². The Bertz CT molecular complexity index is 459. The molecule has 1 amide bonds. The van der Waals surface area contributed by atoms with Crippen LogP contribution in [0, 0.1) is 11.8 Å². The first kappa shape index (κ1) is 14.8. The summed E-state index contributed by atoms with van der Waals surface area (Å²) in [5.74, 6) is 2.13. The molecule has 2 rings (SSSR count). The highest BCUT2D eigenvalue weighted by Crippen LogP contribution is 2.28. The molecule has 20 heavy (non-hydrogen) atoms. The fourth-order valence-electron chi connectivity index (χ4n) is 3.01. The van der Waals surface area contributed by atoms with Crippen molar-refractivity contribution in [1.82, 2.24) is 10.3 Å². The summed E-state index contributed by atoms with van der Waals surface area (Å²) in [6, 6.07) is 3.64. The summed E-state index contributed by atoms with van der Waals surface area (Å²) in [6.07, 6.45) is 6.80. The molecule has 4 heteroatoms. The van der Waals surface area contributed by atoms with Crippen molar-refractivity contribution in [2.24, 2.45) is 11.8 Å². The minimum atomic E-state index is -0.0139. The van der Waals surface area contributed by atoms with E-state index in [1.807, 2.05) is 31.1 Å². The van der Waals surface area contributed by atoms with Crippen LogP contribution in [-0.2, 0) is 0 Å². The molecule has 1 fully saturated rings. The van der Waals surface area contributed by atoms with E-state index in [2.05, 4.69) is 17.2 Å². The van der Waals surface area contributed by atoms with Crippen molar-refractivity contribution in [3.8, 4) is 0 Å². The zero-order valence-electron chi connectivity index (χ0n) is 12.7. The Morgan fingerprint density at radius 1 is 1.45 bits per heavy atom. The monoisotopic (exact) mass is 275 g/mol. The number of nitrogens with zero attached hydrogens (tertiary/aromatic N) is 2. The summed E-state index contributed by atoms with van der Waals surface area (Å²) in [4.78, 5) is 18.5. The van der Waals surface area contributed by atoms with E-state index in [4.69, 9.17) is 0 Å². The highest BCUT2D eigenvalue weighted by Gasteiger charge is 2.20. The zero-order chi connectivity index (χ0) is 14.5. The molecule has 0 radical (unpaired) electrons. The zero-order valence-corrected chi connectivity index (χ0v) is 12.7. The van der Waals surface area contributed by atoms with Gasteiger partial charge in [-0.05, 0) is 36.8 Å². The number of rotatable bonds is 4. The van der Waals surface area contributed by atoms with Crippen molar-refractivity contribution in [2.45, 2.75) is 32.6 Å². The van der Waals surface area contributed by atoms with Gasteiger partial charge in [0, 0.05) is 26.8 Å². The summed E-state index contributed by atoms with van der Waals surface area (Å²) in [5.41, 5.74) is 0.654. The van der Waals surface area contributed by atoms with Gasteiger partial charge in [0.25, 0.3) is 5.91 Å². The van der Waals surface area contributed by atoms with Gasteiger partial charge in [-0.1, -0.05) is 19.8 Å². The molecule has 0 aliphatic heterocycles. The average Bonchev–Trinajstić information content (AvgIpc) is 2.45. The maximum Gasteiger partial charge on any atom is 0.255 e. The van der Waals surface area contributed by atoms with E-state index in [0.717, 1.165) is 18.3 Å². The van der Waals surface area contributed by atoms with Gasteiger partial charge in [-0.25, -0.2) is 4.98 Å². The smallest absolute Gasteiger partial charge is 0.255 e. The second-order valence-electron chi connectivity index (χ2n) is 6.12. The van der Waals surface area contributed by atoms with E-state index in [1.54, 1.807) is 6.20 Å². The minimum Gasteiger partial charge on any atom is -0.362 e. The molecule has 1 aromatic rings. The Kier molecular flexibility index (Phi) is 4.99. The third-order valence-electron chi connectivity index (χ3n) is 4.05. The van der Waals surface area contributed by atoms with Gasteiger partial charge in [0.2, 0.25) is 0 Å². The number of anilines is 1. The molecule has 0 saturated heterocycles. The number of nitrogens with one attached hydrogen (secondary N) is 1. The number of pyridine rings is 1. The van der Waals surface area contributed by atoms with Crippen LogP contribution in [0.4, 0.5) is 5.82 Å². The second kappa shape index (κ2) is 6.73.